The minimum Gasteiger partial charge on any atom is -0.345 e. The minimum atomic E-state index is 0.365. The first-order chi connectivity index (χ1) is 8.22. The summed E-state index contributed by atoms with van der Waals surface area (Å²) < 4.78 is 0. The number of H-pyrrole nitrogens is 1. The second-order valence-electron chi connectivity index (χ2n) is 4.32. The number of imidazole rings is 1. The molecule has 0 fully saturated rings. The van der Waals surface area contributed by atoms with Gasteiger partial charge in [-0.25, -0.2) is 4.98 Å². The highest BCUT2D eigenvalue weighted by Crippen LogP contribution is 2.24. The quantitative estimate of drug-likeness (QED) is 0.846. The van der Waals surface area contributed by atoms with Gasteiger partial charge in [0.15, 0.2) is 0 Å². The monoisotopic (exact) mass is 230 g/mol. The Morgan fingerprint density at radius 3 is 2.94 bits per heavy atom. The molecule has 1 atom stereocenters. The molecule has 0 aliphatic heterocycles. The molecule has 4 heteroatoms. The summed E-state index contributed by atoms with van der Waals surface area (Å²) in [5.74, 6) is 1.37. The van der Waals surface area contributed by atoms with E-state index in [1.54, 1.807) is 6.20 Å². The average Bonchev–Trinajstić information content (AvgIpc) is 2.73. The van der Waals surface area contributed by atoms with E-state index >= 15 is 0 Å². The first-order valence-corrected chi connectivity index (χ1v) is 5.89. The summed E-state index contributed by atoms with van der Waals surface area (Å²) in [5, 5.41) is 0. The Labute approximate surface area is 101 Å². The molecule has 0 aromatic carbocycles. The van der Waals surface area contributed by atoms with Crippen molar-refractivity contribution in [3.63, 3.8) is 0 Å². The topological polar surface area (TPSA) is 67.6 Å². The lowest BCUT2D eigenvalue weighted by molar-refractivity contribution is 0.654. The molecule has 0 aliphatic rings. The Kier molecular flexibility index (Phi) is 3.54. The van der Waals surface area contributed by atoms with Crippen LogP contribution in [0.4, 0.5) is 0 Å². The van der Waals surface area contributed by atoms with Crippen molar-refractivity contribution in [3.8, 4) is 11.3 Å². The highest BCUT2D eigenvalue weighted by atomic mass is 14.9. The molecule has 2 aromatic heterocycles. The zero-order chi connectivity index (χ0) is 12.3. The SMILES string of the molecule is Cc1[nH]c(C(C)CCN)nc1-c1cccnc1. The molecule has 0 saturated carbocycles. The fourth-order valence-electron chi connectivity index (χ4n) is 1.89. The van der Waals surface area contributed by atoms with Gasteiger partial charge < -0.3 is 10.7 Å². The lowest BCUT2D eigenvalue weighted by atomic mass is 10.1. The van der Waals surface area contributed by atoms with Gasteiger partial charge in [-0.15, -0.1) is 0 Å². The van der Waals surface area contributed by atoms with E-state index in [2.05, 4.69) is 21.9 Å². The summed E-state index contributed by atoms with van der Waals surface area (Å²) in [6.45, 7) is 4.86. The third-order valence-electron chi connectivity index (χ3n) is 2.90. The van der Waals surface area contributed by atoms with Crippen molar-refractivity contribution in [2.24, 2.45) is 5.73 Å². The molecule has 0 saturated heterocycles. The standard InChI is InChI=1S/C13H18N4/c1-9(5-6-14)13-16-10(2)12(17-13)11-4-3-7-15-8-11/h3-4,7-9H,5-6,14H2,1-2H3,(H,16,17). The number of aromatic amines is 1. The third-order valence-corrected chi connectivity index (χ3v) is 2.90. The van der Waals surface area contributed by atoms with Crippen LogP contribution in [0.5, 0.6) is 0 Å². The zero-order valence-corrected chi connectivity index (χ0v) is 10.3. The van der Waals surface area contributed by atoms with Crippen LogP contribution in [0.1, 0.15) is 30.8 Å². The van der Waals surface area contributed by atoms with E-state index in [-0.39, 0.29) is 0 Å². The van der Waals surface area contributed by atoms with E-state index in [4.69, 9.17) is 5.73 Å². The molecule has 0 amide bonds. The highest BCUT2D eigenvalue weighted by Gasteiger charge is 2.13. The lowest BCUT2D eigenvalue weighted by Gasteiger charge is -2.05. The molecule has 4 nitrogen and oxygen atoms in total. The Morgan fingerprint density at radius 1 is 1.47 bits per heavy atom. The molecule has 17 heavy (non-hydrogen) atoms. The summed E-state index contributed by atoms with van der Waals surface area (Å²) >= 11 is 0. The normalized spacial score (nSPS) is 12.6. The number of rotatable bonds is 4. The van der Waals surface area contributed by atoms with Gasteiger partial charge in [-0.05, 0) is 32.0 Å². The van der Waals surface area contributed by atoms with Crippen molar-refractivity contribution in [2.45, 2.75) is 26.2 Å². The fraction of sp³-hybridized carbons (Fsp3) is 0.385. The van der Waals surface area contributed by atoms with Crippen molar-refractivity contribution in [2.75, 3.05) is 6.54 Å². The summed E-state index contributed by atoms with van der Waals surface area (Å²) in [6.07, 6.45) is 4.55. The molecular formula is C13H18N4. The number of pyridine rings is 1. The van der Waals surface area contributed by atoms with Crippen LogP contribution < -0.4 is 5.73 Å². The van der Waals surface area contributed by atoms with Gasteiger partial charge in [-0.1, -0.05) is 6.92 Å². The van der Waals surface area contributed by atoms with Crippen LogP contribution in [-0.4, -0.2) is 21.5 Å². The van der Waals surface area contributed by atoms with E-state index in [0.717, 1.165) is 29.2 Å². The van der Waals surface area contributed by atoms with Gasteiger partial charge in [0.05, 0.1) is 5.69 Å². The number of hydrogen-bond donors (Lipinski definition) is 2. The predicted molar refractivity (Wildman–Crippen MR) is 68.6 cm³/mol. The second-order valence-corrected chi connectivity index (χ2v) is 4.32. The first-order valence-electron chi connectivity index (χ1n) is 5.89. The Bertz CT molecular complexity index is 475. The summed E-state index contributed by atoms with van der Waals surface area (Å²) in [4.78, 5) is 12.1. The molecular weight excluding hydrogens is 212 g/mol. The molecule has 0 aliphatic carbocycles. The van der Waals surface area contributed by atoms with E-state index in [1.165, 1.54) is 0 Å². The van der Waals surface area contributed by atoms with Crippen LogP contribution in [0.25, 0.3) is 11.3 Å². The molecule has 0 bridgehead atoms. The maximum Gasteiger partial charge on any atom is 0.109 e. The van der Waals surface area contributed by atoms with Gasteiger partial charge in [0.2, 0.25) is 0 Å². The zero-order valence-electron chi connectivity index (χ0n) is 10.3. The largest absolute Gasteiger partial charge is 0.345 e. The number of nitrogens with one attached hydrogen (secondary N) is 1. The van der Waals surface area contributed by atoms with Crippen LogP contribution >= 0.6 is 0 Å². The molecule has 0 radical (unpaired) electrons. The van der Waals surface area contributed by atoms with Crippen LogP contribution in [-0.2, 0) is 0 Å². The maximum atomic E-state index is 5.57. The number of aryl methyl sites for hydroxylation is 1. The van der Waals surface area contributed by atoms with E-state index in [9.17, 15) is 0 Å². The van der Waals surface area contributed by atoms with Crippen LogP contribution in [0.3, 0.4) is 0 Å². The third kappa shape index (κ3) is 2.53. The van der Waals surface area contributed by atoms with Gasteiger partial charge in [-0.3, -0.25) is 4.98 Å². The predicted octanol–water partition coefficient (Wildman–Crippen LogP) is 2.23. The molecule has 1 unspecified atom stereocenters. The molecule has 3 N–H and O–H groups in total. The van der Waals surface area contributed by atoms with Crippen molar-refractivity contribution in [3.05, 3.63) is 36.0 Å². The number of nitrogens with zero attached hydrogens (tertiary/aromatic N) is 2. The Morgan fingerprint density at radius 2 is 2.29 bits per heavy atom. The van der Waals surface area contributed by atoms with Gasteiger partial charge in [0.1, 0.15) is 5.82 Å². The summed E-state index contributed by atoms with van der Waals surface area (Å²) in [6, 6.07) is 3.94. The van der Waals surface area contributed by atoms with Gasteiger partial charge >= 0.3 is 0 Å². The summed E-state index contributed by atoms with van der Waals surface area (Å²) in [7, 11) is 0. The fourth-order valence-corrected chi connectivity index (χ4v) is 1.89. The number of hydrogen-bond acceptors (Lipinski definition) is 3. The maximum absolute atomic E-state index is 5.57. The summed E-state index contributed by atoms with van der Waals surface area (Å²) in [5.41, 5.74) is 8.68. The average molecular weight is 230 g/mol. The number of nitrogens with two attached hydrogens (primary N) is 1. The van der Waals surface area contributed by atoms with Gasteiger partial charge in [0.25, 0.3) is 0 Å². The molecule has 2 heterocycles. The number of aromatic nitrogens is 3. The van der Waals surface area contributed by atoms with Gasteiger partial charge in [0, 0.05) is 29.6 Å². The van der Waals surface area contributed by atoms with E-state index in [1.807, 2.05) is 25.3 Å². The van der Waals surface area contributed by atoms with Crippen molar-refractivity contribution in [1.29, 1.82) is 0 Å². The molecule has 2 aromatic rings. The Hall–Kier alpha value is -1.68. The molecule has 0 spiro atoms. The van der Waals surface area contributed by atoms with Gasteiger partial charge in [-0.2, -0.15) is 0 Å². The van der Waals surface area contributed by atoms with E-state index in [0.29, 0.717) is 12.5 Å². The van der Waals surface area contributed by atoms with E-state index < -0.39 is 0 Å². The lowest BCUT2D eigenvalue weighted by Crippen LogP contribution is -2.05. The van der Waals surface area contributed by atoms with Crippen LogP contribution in [0, 0.1) is 6.92 Å². The van der Waals surface area contributed by atoms with Crippen LogP contribution in [0.2, 0.25) is 0 Å². The minimum absolute atomic E-state index is 0.365. The molecule has 90 valence electrons. The smallest absolute Gasteiger partial charge is 0.109 e. The van der Waals surface area contributed by atoms with Crippen LogP contribution in [0.15, 0.2) is 24.5 Å². The Balaban J connectivity index is 2.31. The van der Waals surface area contributed by atoms with Crippen molar-refractivity contribution < 1.29 is 0 Å². The first kappa shape index (κ1) is 11.8. The highest BCUT2D eigenvalue weighted by molar-refractivity contribution is 5.60. The molecule has 2 rings (SSSR count). The van der Waals surface area contributed by atoms with Crippen molar-refractivity contribution >= 4 is 0 Å². The second kappa shape index (κ2) is 5.10. The van der Waals surface area contributed by atoms with Crippen molar-refractivity contribution in [1.82, 2.24) is 15.0 Å².